The van der Waals surface area contributed by atoms with E-state index in [1.54, 1.807) is 0 Å². The van der Waals surface area contributed by atoms with Crippen molar-refractivity contribution in [3.63, 3.8) is 0 Å². The van der Waals surface area contributed by atoms with Crippen LogP contribution in [-0.2, 0) is 4.79 Å². The summed E-state index contributed by atoms with van der Waals surface area (Å²) in [4.78, 5) is 23.3. The second-order valence-electron chi connectivity index (χ2n) is 3.53. The number of thioether (sulfide) groups is 1. The molecule has 20 heavy (non-hydrogen) atoms. The Morgan fingerprint density at radius 1 is 1.00 bits per heavy atom. The lowest BCUT2D eigenvalue weighted by Crippen LogP contribution is -2.36. The van der Waals surface area contributed by atoms with Crippen LogP contribution in [0.25, 0.3) is 0 Å². The van der Waals surface area contributed by atoms with Gasteiger partial charge in [0.15, 0.2) is 27.6 Å². The number of amides is 2. The molecule has 2 amide bonds. The van der Waals surface area contributed by atoms with Gasteiger partial charge in [-0.2, -0.15) is 0 Å². The van der Waals surface area contributed by atoms with E-state index >= 15 is 0 Å². The first-order chi connectivity index (χ1) is 9.27. The molecule has 0 bridgehead atoms. The third-order valence-electron chi connectivity index (χ3n) is 2.38. The number of hydrogen-bond donors (Lipinski definition) is 0. The fourth-order valence-electron chi connectivity index (χ4n) is 1.46. The molecule has 2 rings (SSSR count). The lowest BCUT2D eigenvalue weighted by atomic mass is 10.1. The Morgan fingerprint density at radius 3 is 1.85 bits per heavy atom. The maximum Gasteiger partial charge on any atom is 0.272 e. The highest BCUT2D eigenvalue weighted by molar-refractivity contribution is 8.24. The molecule has 0 saturated carbocycles. The Bertz CT molecular complexity index is 619. The van der Waals surface area contributed by atoms with Crippen LogP contribution in [0.2, 0.25) is 0 Å². The van der Waals surface area contributed by atoms with Crippen molar-refractivity contribution in [2.75, 3.05) is 5.75 Å². The zero-order valence-electron chi connectivity index (χ0n) is 9.18. The summed E-state index contributed by atoms with van der Waals surface area (Å²) in [6.07, 6.45) is 0. The van der Waals surface area contributed by atoms with Gasteiger partial charge in [-0.05, 0) is 0 Å². The predicted molar refractivity (Wildman–Crippen MR) is 62.5 cm³/mol. The molecule has 1 aliphatic heterocycles. The van der Waals surface area contributed by atoms with Crippen LogP contribution in [0.5, 0.6) is 0 Å². The van der Waals surface area contributed by atoms with Crippen LogP contribution in [0.15, 0.2) is 0 Å². The Morgan fingerprint density at radius 2 is 1.45 bits per heavy atom. The number of thiocarbonyl (C=S) groups is 1. The smallest absolute Gasteiger partial charge is 0.272 e. The predicted octanol–water partition coefficient (Wildman–Crippen LogP) is 2.38. The first kappa shape index (κ1) is 14.9. The van der Waals surface area contributed by atoms with Crippen LogP contribution in [0.3, 0.4) is 0 Å². The molecule has 0 atom stereocenters. The Hall–Kier alpha value is -1.55. The van der Waals surface area contributed by atoms with Gasteiger partial charge in [0.05, 0.1) is 5.75 Å². The summed E-state index contributed by atoms with van der Waals surface area (Å²) < 4.78 is 65.4. The van der Waals surface area contributed by atoms with Crippen LogP contribution in [0.4, 0.5) is 22.0 Å². The molecule has 106 valence electrons. The molecular weight excluding hydrogens is 325 g/mol. The molecule has 0 radical (unpaired) electrons. The molecule has 0 N–H and O–H groups in total. The highest BCUT2D eigenvalue weighted by Crippen LogP contribution is 2.27. The maximum absolute atomic E-state index is 13.4. The standard InChI is InChI=1S/C10H2F5NO2S2/c11-4-3(5(12)7(14)8(15)6(4)13)9(18)16-2(17)1-20-10(16)19/h1H2. The summed E-state index contributed by atoms with van der Waals surface area (Å²) in [6, 6.07) is 0. The van der Waals surface area contributed by atoms with E-state index in [1.165, 1.54) is 0 Å². The molecule has 1 heterocycles. The number of imide groups is 1. The normalized spacial score (nSPS) is 15.2. The lowest BCUT2D eigenvalue weighted by molar-refractivity contribution is -0.122. The fourth-order valence-corrected chi connectivity index (χ4v) is 2.51. The zero-order valence-corrected chi connectivity index (χ0v) is 10.8. The average molecular weight is 327 g/mol. The number of carbonyl (C=O) groups is 2. The molecule has 1 fully saturated rings. The highest BCUT2D eigenvalue weighted by Gasteiger charge is 2.38. The van der Waals surface area contributed by atoms with Gasteiger partial charge in [0.1, 0.15) is 5.56 Å². The number of rotatable bonds is 1. The van der Waals surface area contributed by atoms with E-state index in [-0.39, 0.29) is 15.0 Å². The van der Waals surface area contributed by atoms with Crippen molar-refractivity contribution in [2.45, 2.75) is 0 Å². The van der Waals surface area contributed by atoms with E-state index in [2.05, 4.69) is 12.2 Å². The van der Waals surface area contributed by atoms with Crippen LogP contribution in [0, 0.1) is 29.1 Å². The van der Waals surface area contributed by atoms with Gasteiger partial charge in [0.2, 0.25) is 11.7 Å². The van der Waals surface area contributed by atoms with Gasteiger partial charge in [-0.1, -0.05) is 24.0 Å². The van der Waals surface area contributed by atoms with Gasteiger partial charge < -0.3 is 0 Å². The van der Waals surface area contributed by atoms with Gasteiger partial charge in [-0.3, -0.25) is 9.59 Å². The SMILES string of the molecule is O=C1CSC(=S)N1C(=O)c1c(F)c(F)c(F)c(F)c1F. The molecule has 10 heteroatoms. The second kappa shape index (κ2) is 5.09. The molecule has 3 nitrogen and oxygen atoms in total. The first-order valence-electron chi connectivity index (χ1n) is 4.82. The van der Waals surface area contributed by atoms with Gasteiger partial charge in [-0.15, -0.1) is 0 Å². The Balaban J connectivity index is 2.62. The van der Waals surface area contributed by atoms with Crippen LogP contribution < -0.4 is 0 Å². The zero-order chi connectivity index (χ0) is 15.2. The number of halogens is 5. The summed E-state index contributed by atoms with van der Waals surface area (Å²) in [5, 5.41) is 0. The molecule has 0 spiro atoms. The molecule has 1 aromatic rings. The summed E-state index contributed by atoms with van der Waals surface area (Å²) in [5.74, 6) is -14.4. The van der Waals surface area contributed by atoms with E-state index in [4.69, 9.17) is 0 Å². The van der Waals surface area contributed by atoms with Crippen LogP contribution >= 0.6 is 24.0 Å². The fraction of sp³-hybridized carbons (Fsp3) is 0.100. The third-order valence-corrected chi connectivity index (χ3v) is 3.73. The Labute approximate surface area is 117 Å². The monoisotopic (exact) mass is 327 g/mol. The van der Waals surface area contributed by atoms with Gasteiger partial charge in [-0.25, -0.2) is 26.9 Å². The van der Waals surface area contributed by atoms with Crippen LogP contribution in [-0.4, -0.2) is 26.8 Å². The summed E-state index contributed by atoms with van der Waals surface area (Å²) in [7, 11) is 0. The van der Waals surface area contributed by atoms with Crippen molar-refractivity contribution >= 4 is 40.1 Å². The minimum atomic E-state index is -2.39. The first-order valence-corrected chi connectivity index (χ1v) is 6.22. The van der Waals surface area contributed by atoms with Crippen molar-refractivity contribution in [3.8, 4) is 0 Å². The lowest BCUT2D eigenvalue weighted by Gasteiger charge is -2.14. The summed E-state index contributed by atoms with van der Waals surface area (Å²) in [6.45, 7) is 0. The quantitative estimate of drug-likeness (QED) is 0.261. The van der Waals surface area contributed by atoms with Gasteiger partial charge >= 0.3 is 0 Å². The molecular formula is C10H2F5NO2S2. The molecule has 0 aliphatic carbocycles. The van der Waals surface area contributed by atoms with Crippen LogP contribution in [0.1, 0.15) is 10.4 Å². The molecule has 1 saturated heterocycles. The van der Waals surface area contributed by atoms with Gasteiger partial charge in [0.25, 0.3) is 5.91 Å². The highest BCUT2D eigenvalue weighted by atomic mass is 32.2. The van der Waals surface area contributed by atoms with Crippen molar-refractivity contribution in [1.29, 1.82) is 0 Å². The van der Waals surface area contributed by atoms with Crippen molar-refractivity contribution < 1.29 is 31.5 Å². The largest absolute Gasteiger partial charge is 0.273 e. The molecule has 1 aromatic carbocycles. The molecule has 0 aromatic heterocycles. The summed E-state index contributed by atoms with van der Waals surface area (Å²) >= 11 is 5.35. The van der Waals surface area contributed by atoms with E-state index in [1.807, 2.05) is 0 Å². The van der Waals surface area contributed by atoms with E-state index in [0.717, 1.165) is 11.8 Å². The van der Waals surface area contributed by atoms with E-state index in [9.17, 15) is 31.5 Å². The third kappa shape index (κ3) is 2.08. The minimum absolute atomic E-state index is 0.207. The minimum Gasteiger partial charge on any atom is -0.273 e. The number of hydrogen-bond acceptors (Lipinski definition) is 4. The van der Waals surface area contributed by atoms with Crippen molar-refractivity contribution in [2.24, 2.45) is 0 Å². The topological polar surface area (TPSA) is 37.4 Å². The number of carbonyl (C=O) groups excluding carboxylic acids is 2. The van der Waals surface area contributed by atoms with E-state index in [0.29, 0.717) is 0 Å². The number of nitrogens with zero attached hydrogens (tertiary/aromatic N) is 1. The Kier molecular flexibility index (Phi) is 3.78. The van der Waals surface area contributed by atoms with Gasteiger partial charge in [0, 0.05) is 0 Å². The summed E-state index contributed by atoms with van der Waals surface area (Å²) in [5.41, 5.74) is -1.71. The number of benzene rings is 1. The average Bonchev–Trinajstić information content (AvgIpc) is 2.73. The molecule has 1 aliphatic rings. The second-order valence-corrected chi connectivity index (χ2v) is 5.14. The maximum atomic E-state index is 13.4. The van der Waals surface area contributed by atoms with Crippen molar-refractivity contribution in [1.82, 2.24) is 4.90 Å². The molecule has 0 unspecified atom stereocenters. The van der Waals surface area contributed by atoms with E-state index < -0.39 is 46.5 Å². The van der Waals surface area contributed by atoms with Crippen molar-refractivity contribution in [3.05, 3.63) is 34.6 Å².